The van der Waals surface area contributed by atoms with E-state index in [-0.39, 0.29) is 13.2 Å². The molecule has 5 heteroatoms. The molecule has 0 atom stereocenters. The minimum Gasteiger partial charge on any atom is -0.395 e. The van der Waals surface area contributed by atoms with Crippen molar-refractivity contribution in [1.82, 2.24) is 0 Å². The fourth-order valence-electron chi connectivity index (χ4n) is 1.47. The summed E-state index contributed by atoms with van der Waals surface area (Å²) in [6, 6.07) is 7.45. The summed E-state index contributed by atoms with van der Waals surface area (Å²) in [5, 5.41) is 26.9. The van der Waals surface area contributed by atoms with Crippen LogP contribution in [0.3, 0.4) is 0 Å². The van der Waals surface area contributed by atoms with E-state index in [9.17, 15) is 0 Å². The van der Waals surface area contributed by atoms with Gasteiger partial charge in [0, 0.05) is 17.6 Å². The van der Waals surface area contributed by atoms with Crippen molar-refractivity contribution in [2.24, 2.45) is 0 Å². The molecule has 0 heterocycles. The van der Waals surface area contributed by atoms with Gasteiger partial charge in [0.15, 0.2) is 0 Å². The molecular weight excluding hydrogens is 272 g/mol. The Balaban J connectivity index is 3.03. The van der Waals surface area contributed by atoms with E-state index in [0.29, 0.717) is 18.7 Å². The number of hydrogen-bond acceptors (Lipinski definition) is 4. The summed E-state index contributed by atoms with van der Waals surface area (Å²) < 4.78 is 0.834. The van der Waals surface area contributed by atoms with Gasteiger partial charge in [0.25, 0.3) is 0 Å². The number of nitrogens with zero attached hydrogens (tertiary/aromatic N) is 2. The van der Waals surface area contributed by atoms with Gasteiger partial charge in [-0.25, -0.2) is 0 Å². The summed E-state index contributed by atoms with van der Waals surface area (Å²) in [5.41, 5.74) is 1.25. The molecule has 4 nitrogen and oxygen atoms in total. The highest BCUT2D eigenvalue weighted by Gasteiger charge is 2.10. The van der Waals surface area contributed by atoms with Crippen LogP contribution in [-0.4, -0.2) is 36.5 Å². The topological polar surface area (TPSA) is 67.5 Å². The largest absolute Gasteiger partial charge is 0.395 e. The molecule has 0 amide bonds. The molecule has 0 fully saturated rings. The quantitative estimate of drug-likeness (QED) is 0.850. The smallest absolute Gasteiger partial charge is 0.101 e. The number of hydrogen-bond donors (Lipinski definition) is 2. The molecule has 86 valence electrons. The Kier molecular flexibility index (Phi) is 5.26. The fourth-order valence-corrected chi connectivity index (χ4v) is 1.83. The predicted octanol–water partition coefficient (Wildman–Crippen LogP) is 1.11. The standard InChI is InChI=1S/C11H13BrN2O2/c12-10-1-2-11(9(7-10)8-13)14(3-5-15)4-6-16/h1-2,7,15-16H,3-6H2. The summed E-state index contributed by atoms with van der Waals surface area (Å²) in [7, 11) is 0. The molecular formula is C11H13BrN2O2. The summed E-state index contributed by atoms with van der Waals surface area (Å²) in [6.45, 7) is 0.773. The van der Waals surface area contributed by atoms with Crippen LogP contribution in [0.25, 0.3) is 0 Å². The molecule has 0 aromatic heterocycles. The van der Waals surface area contributed by atoms with Gasteiger partial charge in [-0.15, -0.1) is 0 Å². The van der Waals surface area contributed by atoms with Crippen molar-refractivity contribution < 1.29 is 10.2 Å². The lowest BCUT2D eigenvalue weighted by Crippen LogP contribution is -2.30. The molecule has 16 heavy (non-hydrogen) atoms. The maximum atomic E-state index is 9.01. The third-order valence-corrected chi connectivity index (χ3v) is 2.65. The predicted molar refractivity (Wildman–Crippen MR) is 65.2 cm³/mol. The molecule has 0 aliphatic carbocycles. The highest BCUT2D eigenvalue weighted by Crippen LogP contribution is 2.23. The van der Waals surface area contributed by atoms with Crippen LogP contribution in [-0.2, 0) is 0 Å². The highest BCUT2D eigenvalue weighted by molar-refractivity contribution is 9.10. The van der Waals surface area contributed by atoms with Crippen molar-refractivity contribution in [2.75, 3.05) is 31.2 Å². The van der Waals surface area contributed by atoms with Gasteiger partial charge in [-0.3, -0.25) is 0 Å². The maximum Gasteiger partial charge on any atom is 0.101 e. The van der Waals surface area contributed by atoms with Crippen LogP contribution in [0.4, 0.5) is 5.69 Å². The summed E-state index contributed by atoms with van der Waals surface area (Å²) in [4.78, 5) is 1.78. The Bertz CT molecular complexity index is 384. The second-order valence-electron chi connectivity index (χ2n) is 3.21. The van der Waals surface area contributed by atoms with Gasteiger partial charge in [-0.1, -0.05) is 15.9 Å². The van der Waals surface area contributed by atoms with E-state index in [2.05, 4.69) is 22.0 Å². The van der Waals surface area contributed by atoms with Crippen LogP contribution in [0.2, 0.25) is 0 Å². The summed E-state index contributed by atoms with van der Waals surface area (Å²) in [6.07, 6.45) is 0. The minimum atomic E-state index is -0.0130. The van der Waals surface area contributed by atoms with Gasteiger partial charge in [0.05, 0.1) is 24.5 Å². The van der Waals surface area contributed by atoms with Gasteiger partial charge in [-0.05, 0) is 18.2 Å². The zero-order valence-electron chi connectivity index (χ0n) is 8.73. The molecule has 0 saturated heterocycles. The Morgan fingerprint density at radius 2 is 1.88 bits per heavy atom. The molecule has 1 aromatic rings. The van der Waals surface area contributed by atoms with E-state index < -0.39 is 0 Å². The molecule has 1 aromatic carbocycles. The normalized spacial score (nSPS) is 9.88. The van der Waals surface area contributed by atoms with E-state index in [1.54, 1.807) is 17.0 Å². The second kappa shape index (κ2) is 6.48. The minimum absolute atomic E-state index is 0.0130. The number of rotatable bonds is 5. The third kappa shape index (κ3) is 3.20. The van der Waals surface area contributed by atoms with Crippen molar-refractivity contribution in [3.05, 3.63) is 28.2 Å². The van der Waals surface area contributed by atoms with Crippen LogP contribution in [0.5, 0.6) is 0 Å². The molecule has 0 radical (unpaired) electrons. The Morgan fingerprint density at radius 1 is 1.25 bits per heavy atom. The van der Waals surface area contributed by atoms with Crippen LogP contribution < -0.4 is 4.90 Å². The first-order chi connectivity index (χ1) is 7.72. The molecule has 2 N–H and O–H groups in total. The number of halogens is 1. The summed E-state index contributed by atoms with van der Waals surface area (Å²) >= 11 is 3.30. The first-order valence-electron chi connectivity index (χ1n) is 4.89. The lowest BCUT2D eigenvalue weighted by Gasteiger charge is -2.23. The molecule has 0 saturated carbocycles. The van der Waals surface area contributed by atoms with Crippen molar-refractivity contribution in [1.29, 1.82) is 5.26 Å². The Labute approximate surface area is 103 Å². The molecule has 1 rings (SSSR count). The van der Waals surface area contributed by atoms with Crippen LogP contribution >= 0.6 is 15.9 Å². The van der Waals surface area contributed by atoms with Crippen molar-refractivity contribution >= 4 is 21.6 Å². The van der Waals surface area contributed by atoms with Gasteiger partial charge in [-0.2, -0.15) is 5.26 Å². The van der Waals surface area contributed by atoms with E-state index in [1.165, 1.54) is 0 Å². The number of aliphatic hydroxyl groups is 2. The average Bonchev–Trinajstić information content (AvgIpc) is 2.28. The third-order valence-electron chi connectivity index (χ3n) is 2.16. The number of aliphatic hydroxyl groups excluding tert-OH is 2. The zero-order valence-corrected chi connectivity index (χ0v) is 10.3. The van der Waals surface area contributed by atoms with Crippen LogP contribution in [0.15, 0.2) is 22.7 Å². The molecule has 0 spiro atoms. The van der Waals surface area contributed by atoms with Gasteiger partial charge in [0.1, 0.15) is 6.07 Å². The van der Waals surface area contributed by atoms with E-state index in [4.69, 9.17) is 15.5 Å². The zero-order chi connectivity index (χ0) is 12.0. The van der Waals surface area contributed by atoms with Gasteiger partial charge >= 0.3 is 0 Å². The van der Waals surface area contributed by atoms with Gasteiger partial charge < -0.3 is 15.1 Å². The molecule has 0 aliphatic rings. The number of benzene rings is 1. The monoisotopic (exact) mass is 284 g/mol. The van der Waals surface area contributed by atoms with E-state index in [0.717, 1.165) is 10.2 Å². The van der Waals surface area contributed by atoms with Crippen molar-refractivity contribution in [3.63, 3.8) is 0 Å². The van der Waals surface area contributed by atoms with Crippen LogP contribution in [0, 0.1) is 11.3 Å². The van der Waals surface area contributed by atoms with E-state index >= 15 is 0 Å². The first kappa shape index (κ1) is 13.0. The fraction of sp³-hybridized carbons (Fsp3) is 0.364. The Hall–Kier alpha value is -1.09. The Morgan fingerprint density at radius 3 is 2.38 bits per heavy atom. The highest BCUT2D eigenvalue weighted by atomic mass is 79.9. The lowest BCUT2D eigenvalue weighted by atomic mass is 10.1. The molecule has 0 bridgehead atoms. The SMILES string of the molecule is N#Cc1cc(Br)ccc1N(CCO)CCO. The molecule has 0 aliphatic heterocycles. The number of anilines is 1. The van der Waals surface area contributed by atoms with Crippen LogP contribution in [0.1, 0.15) is 5.56 Å². The van der Waals surface area contributed by atoms with E-state index in [1.807, 2.05) is 6.07 Å². The lowest BCUT2D eigenvalue weighted by molar-refractivity contribution is 0.281. The maximum absolute atomic E-state index is 9.01. The van der Waals surface area contributed by atoms with Crippen molar-refractivity contribution in [2.45, 2.75) is 0 Å². The molecule has 0 unspecified atom stereocenters. The second-order valence-corrected chi connectivity index (χ2v) is 4.12. The summed E-state index contributed by atoms with van der Waals surface area (Å²) in [5.74, 6) is 0. The average molecular weight is 285 g/mol. The first-order valence-corrected chi connectivity index (χ1v) is 5.68. The van der Waals surface area contributed by atoms with Gasteiger partial charge in [0.2, 0.25) is 0 Å². The van der Waals surface area contributed by atoms with Crippen molar-refractivity contribution in [3.8, 4) is 6.07 Å². The number of nitriles is 1.